The summed E-state index contributed by atoms with van der Waals surface area (Å²) >= 11 is 1.22. The second-order valence-corrected chi connectivity index (χ2v) is 12.0. The van der Waals surface area contributed by atoms with E-state index in [0.717, 1.165) is 18.4 Å². The van der Waals surface area contributed by atoms with Gasteiger partial charge in [-0.2, -0.15) is 0 Å². The smallest absolute Gasteiger partial charge is 0.308 e. The molecule has 3 rings (SSSR count). The van der Waals surface area contributed by atoms with Crippen molar-refractivity contribution < 1.29 is 28.7 Å². The van der Waals surface area contributed by atoms with Gasteiger partial charge in [-0.1, -0.05) is 20.8 Å². The lowest BCUT2D eigenvalue weighted by Crippen LogP contribution is -2.42. The number of hydrogen-bond donors (Lipinski definition) is 1. The van der Waals surface area contributed by atoms with Gasteiger partial charge in [-0.25, -0.2) is 15.0 Å². The molecule has 2 heterocycles. The molecule has 0 bridgehead atoms. The summed E-state index contributed by atoms with van der Waals surface area (Å²) in [5.41, 5.74) is 1.09. The van der Waals surface area contributed by atoms with Crippen molar-refractivity contribution >= 4 is 35.1 Å². The van der Waals surface area contributed by atoms with Gasteiger partial charge < -0.3 is 19.7 Å². The van der Waals surface area contributed by atoms with E-state index in [1.54, 1.807) is 36.6 Å². The number of amides is 2. The first-order chi connectivity index (χ1) is 19.4. The van der Waals surface area contributed by atoms with Crippen LogP contribution in [0, 0.1) is 24.7 Å². The highest BCUT2D eigenvalue weighted by atomic mass is 32.1. The predicted octanol–water partition coefficient (Wildman–Crippen LogP) is 3.67. The maximum absolute atomic E-state index is 13.3. The normalized spacial score (nSPS) is 15.9. The third-order valence-corrected chi connectivity index (χ3v) is 8.11. The standard InChI is InChI=1S/C29H41N5O6S/c1-16(2)23(34(6)28(37)20-8-9-20)12-24(40-19(5)35)27-33-22(15-41-27)26(36)32-21(10-18(4)29(38)39-7)11-25-30-13-17(3)14-31-25/h13-16,18,20-21,23-24H,8-12H2,1-7H3,(H,32,36). The van der Waals surface area contributed by atoms with Gasteiger partial charge >= 0.3 is 11.9 Å². The van der Waals surface area contributed by atoms with Gasteiger partial charge in [0.05, 0.1) is 13.0 Å². The van der Waals surface area contributed by atoms with E-state index in [1.807, 2.05) is 20.8 Å². The molecular formula is C29H41N5O6S. The van der Waals surface area contributed by atoms with Crippen LogP contribution in [0.3, 0.4) is 0 Å². The fourth-order valence-corrected chi connectivity index (χ4v) is 5.58. The highest BCUT2D eigenvalue weighted by Gasteiger charge is 2.37. The topological polar surface area (TPSA) is 141 Å². The minimum atomic E-state index is -0.711. The summed E-state index contributed by atoms with van der Waals surface area (Å²) in [7, 11) is 3.12. The Morgan fingerprint density at radius 3 is 2.34 bits per heavy atom. The number of nitrogens with one attached hydrogen (secondary N) is 1. The SMILES string of the molecule is COC(=O)C(C)CC(Cc1ncc(C)cn1)NC(=O)c1csc(C(CC(C(C)C)N(C)C(=O)C2CC2)OC(C)=O)n1. The Hall–Kier alpha value is -3.41. The van der Waals surface area contributed by atoms with E-state index >= 15 is 0 Å². The van der Waals surface area contributed by atoms with Crippen LogP contribution in [0.1, 0.15) is 86.4 Å². The largest absolute Gasteiger partial charge is 0.469 e. The highest BCUT2D eigenvalue weighted by Crippen LogP contribution is 2.35. The minimum absolute atomic E-state index is 0.0729. The van der Waals surface area contributed by atoms with Crippen LogP contribution in [-0.4, -0.2) is 69.8 Å². The molecule has 11 nitrogen and oxygen atoms in total. The fraction of sp³-hybridized carbons (Fsp3) is 0.621. The maximum atomic E-state index is 13.3. The van der Waals surface area contributed by atoms with Crippen molar-refractivity contribution in [2.24, 2.45) is 17.8 Å². The van der Waals surface area contributed by atoms with Crippen molar-refractivity contribution in [2.45, 2.75) is 84.9 Å². The Kier molecular flexibility index (Phi) is 11.3. The van der Waals surface area contributed by atoms with Crippen LogP contribution in [0.5, 0.6) is 0 Å². The molecule has 4 unspecified atom stereocenters. The summed E-state index contributed by atoms with van der Waals surface area (Å²) in [4.78, 5) is 65.2. The number of carbonyl (C=O) groups is 4. The van der Waals surface area contributed by atoms with Crippen molar-refractivity contribution in [2.75, 3.05) is 14.2 Å². The molecule has 0 aliphatic heterocycles. The average molecular weight is 588 g/mol. The molecular weight excluding hydrogens is 546 g/mol. The van der Waals surface area contributed by atoms with Crippen LogP contribution in [0.25, 0.3) is 0 Å². The molecule has 0 spiro atoms. The van der Waals surface area contributed by atoms with Crippen LogP contribution in [-0.2, 0) is 30.3 Å². The van der Waals surface area contributed by atoms with Gasteiger partial charge in [0.1, 0.15) is 16.5 Å². The number of ether oxygens (including phenoxy) is 2. The van der Waals surface area contributed by atoms with Crippen LogP contribution < -0.4 is 5.32 Å². The molecule has 1 aliphatic rings. The zero-order chi connectivity index (χ0) is 30.3. The lowest BCUT2D eigenvalue weighted by molar-refractivity contribution is -0.148. The van der Waals surface area contributed by atoms with Crippen LogP contribution in [0.15, 0.2) is 17.8 Å². The number of aryl methyl sites for hydroxylation is 1. The molecule has 224 valence electrons. The summed E-state index contributed by atoms with van der Waals surface area (Å²) in [6.45, 7) is 9.01. The Bertz CT molecular complexity index is 1210. The third kappa shape index (κ3) is 9.31. The molecule has 1 N–H and O–H groups in total. The number of nitrogens with zero attached hydrogens (tertiary/aromatic N) is 4. The molecule has 12 heteroatoms. The van der Waals surface area contributed by atoms with Gasteiger partial charge in [-0.05, 0) is 37.7 Å². The van der Waals surface area contributed by atoms with Crippen LogP contribution >= 0.6 is 11.3 Å². The molecule has 1 fully saturated rings. The lowest BCUT2D eigenvalue weighted by Gasteiger charge is -2.33. The Morgan fingerprint density at radius 2 is 1.78 bits per heavy atom. The van der Waals surface area contributed by atoms with E-state index < -0.39 is 29.9 Å². The van der Waals surface area contributed by atoms with E-state index in [4.69, 9.17) is 9.47 Å². The molecule has 0 radical (unpaired) electrons. The molecule has 2 amide bonds. The number of rotatable bonds is 14. The number of carbonyl (C=O) groups excluding carboxylic acids is 4. The van der Waals surface area contributed by atoms with Gasteiger partial charge in [0.2, 0.25) is 5.91 Å². The third-order valence-electron chi connectivity index (χ3n) is 7.18. The minimum Gasteiger partial charge on any atom is -0.469 e. The van der Waals surface area contributed by atoms with E-state index in [1.165, 1.54) is 25.4 Å². The van der Waals surface area contributed by atoms with Crippen LogP contribution in [0.4, 0.5) is 0 Å². The van der Waals surface area contributed by atoms with E-state index in [2.05, 4.69) is 20.3 Å². The second kappa shape index (κ2) is 14.5. The van der Waals surface area contributed by atoms with Crippen molar-refractivity contribution in [1.82, 2.24) is 25.2 Å². The van der Waals surface area contributed by atoms with Crippen LogP contribution in [0.2, 0.25) is 0 Å². The van der Waals surface area contributed by atoms with Gasteiger partial charge in [-0.15, -0.1) is 11.3 Å². The first kappa shape index (κ1) is 32.1. The number of methoxy groups -OCH3 is 1. The Labute approximate surface area is 245 Å². The first-order valence-corrected chi connectivity index (χ1v) is 14.8. The zero-order valence-electron chi connectivity index (χ0n) is 24.9. The van der Waals surface area contributed by atoms with Gasteiger partial charge in [0, 0.05) is 62.6 Å². The van der Waals surface area contributed by atoms with Crippen molar-refractivity contribution in [1.29, 1.82) is 0 Å². The number of thiazole rings is 1. The average Bonchev–Trinajstić information content (AvgIpc) is 3.66. The van der Waals surface area contributed by atoms with E-state index in [-0.39, 0.29) is 35.4 Å². The van der Waals surface area contributed by atoms with E-state index in [9.17, 15) is 19.2 Å². The van der Waals surface area contributed by atoms with Gasteiger partial charge in [0.25, 0.3) is 5.91 Å². The van der Waals surface area contributed by atoms with Crippen molar-refractivity contribution in [3.63, 3.8) is 0 Å². The summed E-state index contributed by atoms with van der Waals surface area (Å²) in [6.07, 6.45) is 5.50. The maximum Gasteiger partial charge on any atom is 0.308 e. The first-order valence-electron chi connectivity index (χ1n) is 13.9. The Balaban J connectivity index is 1.77. The molecule has 4 atom stereocenters. The van der Waals surface area contributed by atoms with Crippen molar-refractivity contribution in [3.8, 4) is 0 Å². The molecule has 1 saturated carbocycles. The van der Waals surface area contributed by atoms with Crippen molar-refractivity contribution in [3.05, 3.63) is 39.9 Å². The fourth-order valence-electron chi connectivity index (χ4n) is 4.74. The quantitative estimate of drug-likeness (QED) is 0.328. The highest BCUT2D eigenvalue weighted by molar-refractivity contribution is 7.09. The number of esters is 2. The Morgan fingerprint density at radius 1 is 1.12 bits per heavy atom. The summed E-state index contributed by atoms with van der Waals surface area (Å²) in [6, 6.07) is -0.631. The summed E-state index contributed by atoms with van der Waals surface area (Å²) < 4.78 is 10.5. The number of aromatic nitrogens is 3. The molecule has 0 aromatic carbocycles. The molecule has 1 aliphatic carbocycles. The predicted molar refractivity (Wildman–Crippen MR) is 153 cm³/mol. The number of hydrogen-bond acceptors (Lipinski definition) is 10. The second-order valence-electron chi connectivity index (χ2n) is 11.2. The molecule has 2 aromatic heterocycles. The van der Waals surface area contributed by atoms with Gasteiger partial charge in [0.15, 0.2) is 6.10 Å². The lowest BCUT2D eigenvalue weighted by atomic mass is 9.96. The molecule has 0 saturated heterocycles. The van der Waals surface area contributed by atoms with E-state index in [0.29, 0.717) is 30.1 Å². The zero-order valence-corrected chi connectivity index (χ0v) is 25.7. The molecule has 2 aromatic rings. The summed E-state index contributed by atoms with van der Waals surface area (Å²) in [5, 5.41) is 5.06. The van der Waals surface area contributed by atoms with Gasteiger partial charge in [-0.3, -0.25) is 19.2 Å². The summed E-state index contributed by atoms with van der Waals surface area (Å²) in [5.74, 6) is -0.897. The monoisotopic (exact) mass is 587 g/mol. The molecule has 41 heavy (non-hydrogen) atoms.